The molecule has 0 amide bonds. The predicted octanol–water partition coefficient (Wildman–Crippen LogP) is 2.44. The van der Waals surface area contributed by atoms with Crippen LogP contribution in [0.4, 0.5) is 5.69 Å². The first kappa shape index (κ1) is 19.6. The zero-order valence-electron chi connectivity index (χ0n) is 15.3. The van der Waals surface area contributed by atoms with Gasteiger partial charge in [-0.15, -0.1) is 0 Å². The van der Waals surface area contributed by atoms with Crippen molar-refractivity contribution in [3.05, 3.63) is 54.7 Å². The number of sulfonamides is 1. The van der Waals surface area contributed by atoms with Gasteiger partial charge in [0.1, 0.15) is 6.54 Å². The maximum atomic E-state index is 12.0. The smallest absolute Gasteiger partial charge is 0.318 e. The van der Waals surface area contributed by atoms with Crippen LogP contribution in [0.1, 0.15) is 0 Å². The van der Waals surface area contributed by atoms with Crippen LogP contribution in [-0.4, -0.2) is 45.1 Å². The zero-order valence-corrected chi connectivity index (χ0v) is 16.1. The van der Waals surface area contributed by atoms with Gasteiger partial charge in [-0.3, -0.25) is 4.79 Å². The van der Waals surface area contributed by atoms with Gasteiger partial charge in [0.05, 0.1) is 11.1 Å². The van der Waals surface area contributed by atoms with Gasteiger partial charge in [0.15, 0.2) is 5.76 Å². The molecule has 2 N–H and O–H groups in total. The minimum absolute atomic E-state index is 0.0384. The third-order valence-electron chi connectivity index (χ3n) is 4.00. The van der Waals surface area contributed by atoms with Gasteiger partial charge in [-0.05, 0) is 48.5 Å². The van der Waals surface area contributed by atoms with Crippen molar-refractivity contribution >= 4 is 21.7 Å². The number of aliphatic carboxylic acids is 1. The summed E-state index contributed by atoms with van der Waals surface area (Å²) in [4.78, 5) is 16.7. The van der Waals surface area contributed by atoms with Crippen molar-refractivity contribution in [3.63, 3.8) is 0 Å². The molecular formula is C19H19N3O5S. The summed E-state index contributed by atoms with van der Waals surface area (Å²) in [6, 6.07) is 13.7. The van der Waals surface area contributed by atoms with E-state index in [0.29, 0.717) is 17.2 Å². The number of hydrogen-bond donors (Lipinski definition) is 2. The van der Waals surface area contributed by atoms with Crippen LogP contribution < -0.4 is 9.62 Å². The average Bonchev–Trinajstić information content (AvgIpc) is 3.17. The van der Waals surface area contributed by atoms with Gasteiger partial charge in [0.25, 0.3) is 0 Å². The summed E-state index contributed by atoms with van der Waals surface area (Å²) in [6.45, 7) is -0.681. The third-order valence-corrected chi connectivity index (χ3v) is 5.42. The molecule has 0 saturated heterocycles. The topological polar surface area (TPSA) is 113 Å². The lowest BCUT2D eigenvalue weighted by atomic mass is 10.1. The van der Waals surface area contributed by atoms with E-state index in [1.54, 1.807) is 18.3 Å². The van der Waals surface area contributed by atoms with Crippen molar-refractivity contribution in [3.8, 4) is 22.8 Å². The van der Waals surface area contributed by atoms with Crippen LogP contribution in [0.5, 0.6) is 0 Å². The largest absolute Gasteiger partial charge is 0.480 e. The van der Waals surface area contributed by atoms with Gasteiger partial charge >= 0.3 is 5.97 Å². The SMILES string of the molecule is CN(C)c1ccc(-c2cnc(-c3ccc(S(=O)(=O)NCC(=O)O)cc3)o2)cc1. The summed E-state index contributed by atoms with van der Waals surface area (Å²) in [5, 5.41) is 8.61. The maximum Gasteiger partial charge on any atom is 0.318 e. The molecule has 0 spiro atoms. The molecule has 3 aromatic rings. The van der Waals surface area contributed by atoms with Crippen molar-refractivity contribution < 1.29 is 22.7 Å². The zero-order chi connectivity index (χ0) is 20.3. The van der Waals surface area contributed by atoms with E-state index < -0.39 is 22.5 Å². The molecule has 1 aromatic heterocycles. The molecular weight excluding hydrogens is 382 g/mol. The molecule has 2 aromatic carbocycles. The molecule has 0 aliphatic heterocycles. The van der Waals surface area contributed by atoms with Gasteiger partial charge in [-0.25, -0.2) is 13.4 Å². The molecule has 28 heavy (non-hydrogen) atoms. The standard InChI is InChI=1S/C19H19N3O5S/c1-22(2)15-7-3-13(4-8-15)17-11-20-19(27-17)14-5-9-16(10-6-14)28(25,26)21-12-18(23)24/h3-11,21H,12H2,1-2H3,(H,23,24). The van der Waals surface area contributed by atoms with Gasteiger partial charge in [-0.2, -0.15) is 4.72 Å². The Labute approximate surface area is 162 Å². The minimum Gasteiger partial charge on any atom is -0.480 e. The lowest BCUT2D eigenvalue weighted by Crippen LogP contribution is -2.29. The Hall–Kier alpha value is -3.17. The Morgan fingerprint density at radius 1 is 1.07 bits per heavy atom. The number of nitrogens with zero attached hydrogens (tertiary/aromatic N) is 2. The van der Waals surface area contributed by atoms with Crippen molar-refractivity contribution in [2.75, 3.05) is 25.5 Å². The Morgan fingerprint density at radius 2 is 1.68 bits per heavy atom. The molecule has 0 radical (unpaired) electrons. The number of aromatic nitrogens is 1. The van der Waals surface area contributed by atoms with E-state index in [9.17, 15) is 13.2 Å². The van der Waals surface area contributed by atoms with E-state index in [2.05, 4.69) is 4.98 Å². The van der Waals surface area contributed by atoms with Crippen molar-refractivity contribution in [2.45, 2.75) is 4.90 Å². The van der Waals surface area contributed by atoms with E-state index >= 15 is 0 Å². The maximum absolute atomic E-state index is 12.0. The Balaban J connectivity index is 1.79. The molecule has 0 saturated carbocycles. The monoisotopic (exact) mass is 401 g/mol. The number of hydrogen-bond acceptors (Lipinski definition) is 6. The van der Waals surface area contributed by atoms with Gasteiger partial charge < -0.3 is 14.4 Å². The second kappa shape index (κ2) is 7.83. The summed E-state index contributed by atoms with van der Waals surface area (Å²) in [7, 11) is 0.0328. The Kier molecular flexibility index (Phi) is 5.48. The van der Waals surface area contributed by atoms with E-state index in [-0.39, 0.29) is 4.90 Å². The molecule has 0 fully saturated rings. The summed E-state index contributed by atoms with van der Waals surface area (Å²) in [5.74, 6) is -0.305. The second-order valence-electron chi connectivity index (χ2n) is 6.21. The first-order valence-corrected chi connectivity index (χ1v) is 9.80. The van der Waals surface area contributed by atoms with Crippen LogP contribution in [0, 0.1) is 0 Å². The number of rotatable bonds is 7. The molecule has 0 aliphatic carbocycles. The van der Waals surface area contributed by atoms with E-state index in [0.717, 1.165) is 11.3 Å². The van der Waals surface area contributed by atoms with Crippen LogP contribution in [-0.2, 0) is 14.8 Å². The fraction of sp³-hybridized carbons (Fsp3) is 0.158. The van der Waals surface area contributed by atoms with Crippen LogP contribution in [0.2, 0.25) is 0 Å². The van der Waals surface area contributed by atoms with Crippen LogP contribution in [0.3, 0.4) is 0 Å². The van der Waals surface area contributed by atoms with Crippen LogP contribution in [0.25, 0.3) is 22.8 Å². The Morgan fingerprint density at radius 3 is 2.25 bits per heavy atom. The second-order valence-corrected chi connectivity index (χ2v) is 7.98. The number of carbonyl (C=O) groups is 1. The highest BCUT2D eigenvalue weighted by Gasteiger charge is 2.16. The molecule has 3 rings (SSSR count). The number of anilines is 1. The molecule has 0 atom stereocenters. The van der Waals surface area contributed by atoms with Gasteiger partial charge in [0, 0.05) is 30.9 Å². The molecule has 1 heterocycles. The summed E-state index contributed by atoms with van der Waals surface area (Å²) in [5.41, 5.74) is 2.55. The third kappa shape index (κ3) is 4.38. The molecule has 9 heteroatoms. The highest BCUT2D eigenvalue weighted by Crippen LogP contribution is 2.28. The molecule has 0 unspecified atom stereocenters. The predicted molar refractivity (Wildman–Crippen MR) is 105 cm³/mol. The van der Waals surface area contributed by atoms with E-state index in [4.69, 9.17) is 9.52 Å². The van der Waals surface area contributed by atoms with E-state index in [1.165, 1.54) is 12.1 Å². The summed E-state index contributed by atoms with van der Waals surface area (Å²) >= 11 is 0. The van der Waals surface area contributed by atoms with Crippen molar-refractivity contribution in [2.24, 2.45) is 0 Å². The number of benzene rings is 2. The van der Waals surface area contributed by atoms with Crippen LogP contribution >= 0.6 is 0 Å². The van der Waals surface area contributed by atoms with Crippen molar-refractivity contribution in [1.82, 2.24) is 9.71 Å². The average molecular weight is 401 g/mol. The first-order valence-electron chi connectivity index (χ1n) is 8.32. The fourth-order valence-electron chi connectivity index (χ4n) is 2.48. The van der Waals surface area contributed by atoms with Gasteiger partial charge in [0.2, 0.25) is 15.9 Å². The van der Waals surface area contributed by atoms with Gasteiger partial charge in [-0.1, -0.05) is 0 Å². The quantitative estimate of drug-likeness (QED) is 0.625. The lowest BCUT2D eigenvalue weighted by molar-refractivity contribution is -0.135. The summed E-state index contributed by atoms with van der Waals surface area (Å²) in [6.07, 6.45) is 1.61. The number of carboxylic acids is 1. The molecule has 0 aliphatic rings. The summed E-state index contributed by atoms with van der Waals surface area (Å²) < 4.78 is 31.9. The van der Waals surface area contributed by atoms with Crippen LogP contribution in [0.15, 0.2) is 64.0 Å². The highest BCUT2D eigenvalue weighted by atomic mass is 32.2. The highest BCUT2D eigenvalue weighted by molar-refractivity contribution is 7.89. The molecule has 0 bridgehead atoms. The molecule has 146 valence electrons. The lowest BCUT2D eigenvalue weighted by Gasteiger charge is -2.11. The fourth-order valence-corrected chi connectivity index (χ4v) is 3.46. The first-order chi connectivity index (χ1) is 13.3. The molecule has 8 nitrogen and oxygen atoms in total. The Bertz CT molecular complexity index is 1070. The number of nitrogens with one attached hydrogen (secondary N) is 1. The number of carboxylic acid groups (broad SMARTS) is 1. The van der Waals surface area contributed by atoms with Crippen molar-refractivity contribution in [1.29, 1.82) is 0 Å². The van der Waals surface area contributed by atoms with E-state index in [1.807, 2.05) is 48.0 Å². The number of oxazole rings is 1. The normalized spacial score (nSPS) is 11.4. The minimum atomic E-state index is -3.89.